The van der Waals surface area contributed by atoms with Gasteiger partial charge in [0.2, 0.25) is 0 Å². The summed E-state index contributed by atoms with van der Waals surface area (Å²) in [4.78, 5) is 22.3. The third-order valence-corrected chi connectivity index (χ3v) is 2.42. The lowest BCUT2D eigenvalue weighted by Gasteiger charge is -2.13. The molecule has 3 N–H and O–H groups in total. The Morgan fingerprint density at radius 3 is 2.68 bits per heavy atom. The van der Waals surface area contributed by atoms with Crippen molar-refractivity contribution in [2.45, 2.75) is 19.4 Å². The number of methoxy groups -OCH3 is 1. The van der Waals surface area contributed by atoms with Crippen LogP contribution in [0.5, 0.6) is 5.75 Å². The maximum Gasteiger partial charge on any atom is 0.326 e. The Balaban J connectivity index is 2.69. The predicted molar refractivity (Wildman–Crippen MR) is 66.8 cm³/mol. The molecule has 0 radical (unpaired) electrons. The molecule has 2 amide bonds. The van der Waals surface area contributed by atoms with Gasteiger partial charge in [-0.1, -0.05) is 6.92 Å². The minimum absolute atomic E-state index is 0.0110. The van der Waals surface area contributed by atoms with Gasteiger partial charge in [0, 0.05) is 11.8 Å². The number of nitrogens with one attached hydrogen (secondary N) is 2. The average molecular weight is 270 g/mol. The second-order valence-electron chi connectivity index (χ2n) is 3.75. The third-order valence-electron chi connectivity index (χ3n) is 2.42. The molecule has 0 aliphatic heterocycles. The standard InChI is InChI=1S/C12H15FN2O4/c1-3-9(11(16)17)15-12(18)14-7-4-5-8(13)10(6-7)19-2/h4-6,9H,3H2,1-2H3,(H,16,17)(H2,14,15,18)/t9-/m1/s1. The smallest absolute Gasteiger partial charge is 0.326 e. The van der Waals surface area contributed by atoms with Gasteiger partial charge in [-0.3, -0.25) is 0 Å². The van der Waals surface area contributed by atoms with E-state index in [9.17, 15) is 14.0 Å². The molecule has 0 heterocycles. The fourth-order valence-electron chi connectivity index (χ4n) is 1.40. The lowest BCUT2D eigenvalue weighted by Crippen LogP contribution is -2.42. The molecule has 1 aromatic rings. The van der Waals surface area contributed by atoms with E-state index < -0.39 is 23.9 Å². The number of ether oxygens (including phenoxy) is 1. The van der Waals surface area contributed by atoms with E-state index >= 15 is 0 Å². The van der Waals surface area contributed by atoms with Crippen LogP contribution < -0.4 is 15.4 Å². The van der Waals surface area contributed by atoms with Crippen LogP contribution in [0.4, 0.5) is 14.9 Å². The summed E-state index contributed by atoms with van der Waals surface area (Å²) in [6.07, 6.45) is 0.259. The molecule has 0 saturated carbocycles. The van der Waals surface area contributed by atoms with E-state index in [1.165, 1.54) is 19.2 Å². The van der Waals surface area contributed by atoms with Gasteiger partial charge in [-0.15, -0.1) is 0 Å². The second kappa shape index (κ2) is 6.58. The van der Waals surface area contributed by atoms with E-state index in [4.69, 9.17) is 9.84 Å². The van der Waals surface area contributed by atoms with Crippen LogP contribution in [0.1, 0.15) is 13.3 Å². The number of carbonyl (C=O) groups is 2. The van der Waals surface area contributed by atoms with Crippen LogP contribution in [0.3, 0.4) is 0 Å². The second-order valence-corrected chi connectivity index (χ2v) is 3.75. The fourth-order valence-corrected chi connectivity index (χ4v) is 1.40. The zero-order chi connectivity index (χ0) is 14.4. The van der Waals surface area contributed by atoms with Crippen LogP contribution in [-0.4, -0.2) is 30.3 Å². The van der Waals surface area contributed by atoms with Gasteiger partial charge in [0.1, 0.15) is 6.04 Å². The Kier molecular flexibility index (Phi) is 5.11. The van der Waals surface area contributed by atoms with E-state index in [0.29, 0.717) is 5.69 Å². The first-order valence-electron chi connectivity index (χ1n) is 5.61. The number of rotatable bonds is 5. The van der Waals surface area contributed by atoms with E-state index in [1.54, 1.807) is 6.92 Å². The van der Waals surface area contributed by atoms with Crippen molar-refractivity contribution in [3.8, 4) is 5.75 Å². The molecule has 0 unspecified atom stereocenters. The number of aliphatic carboxylic acids is 1. The number of carboxylic acids is 1. The van der Waals surface area contributed by atoms with Gasteiger partial charge in [-0.05, 0) is 18.6 Å². The van der Waals surface area contributed by atoms with Crippen molar-refractivity contribution >= 4 is 17.7 Å². The Bertz CT molecular complexity index is 479. The highest BCUT2D eigenvalue weighted by Crippen LogP contribution is 2.21. The summed E-state index contributed by atoms with van der Waals surface area (Å²) in [6, 6.07) is 2.14. The largest absolute Gasteiger partial charge is 0.494 e. The van der Waals surface area contributed by atoms with Crippen LogP contribution in [-0.2, 0) is 4.79 Å². The summed E-state index contributed by atoms with van der Waals surface area (Å²) >= 11 is 0. The average Bonchev–Trinajstić information content (AvgIpc) is 2.37. The fraction of sp³-hybridized carbons (Fsp3) is 0.333. The minimum atomic E-state index is -1.12. The monoisotopic (exact) mass is 270 g/mol. The lowest BCUT2D eigenvalue weighted by molar-refractivity contribution is -0.139. The van der Waals surface area contributed by atoms with Gasteiger partial charge in [-0.2, -0.15) is 0 Å². The molecule has 0 fully saturated rings. The van der Waals surface area contributed by atoms with Crippen molar-refractivity contribution in [3.63, 3.8) is 0 Å². The quantitative estimate of drug-likeness (QED) is 0.761. The molecule has 19 heavy (non-hydrogen) atoms. The Morgan fingerprint density at radius 2 is 2.16 bits per heavy atom. The molecule has 0 aromatic heterocycles. The molecule has 1 atom stereocenters. The van der Waals surface area contributed by atoms with Crippen LogP contribution in [0.25, 0.3) is 0 Å². The summed E-state index contributed by atoms with van der Waals surface area (Å²) < 4.78 is 17.9. The molecular weight excluding hydrogens is 255 g/mol. The molecule has 0 aliphatic rings. The summed E-state index contributed by atoms with van der Waals surface area (Å²) in [5.41, 5.74) is 0.302. The third kappa shape index (κ3) is 4.13. The first kappa shape index (κ1) is 14.7. The van der Waals surface area contributed by atoms with Crippen molar-refractivity contribution in [2.75, 3.05) is 12.4 Å². The molecule has 0 aliphatic carbocycles. The molecular formula is C12H15FN2O4. The summed E-state index contributed by atoms with van der Waals surface area (Å²) in [5, 5.41) is 13.5. The summed E-state index contributed by atoms with van der Waals surface area (Å²) in [5.74, 6) is -1.68. The number of anilines is 1. The van der Waals surface area contributed by atoms with Crippen molar-refractivity contribution in [2.24, 2.45) is 0 Å². The number of hydrogen-bond donors (Lipinski definition) is 3. The van der Waals surface area contributed by atoms with Crippen LogP contribution in [0.2, 0.25) is 0 Å². The Morgan fingerprint density at radius 1 is 1.47 bits per heavy atom. The number of hydrogen-bond acceptors (Lipinski definition) is 3. The first-order chi connectivity index (χ1) is 8.97. The predicted octanol–water partition coefficient (Wildman–Crippen LogP) is 1.82. The molecule has 7 heteroatoms. The van der Waals surface area contributed by atoms with E-state index in [0.717, 1.165) is 6.07 Å². The lowest BCUT2D eigenvalue weighted by atomic mass is 10.2. The highest BCUT2D eigenvalue weighted by molar-refractivity contribution is 5.92. The number of urea groups is 1. The van der Waals surface area contributed by atoms with Crippen molar-refractivity contribution in [1.29, 1.82) is 0 Å². The molecule has 0 saturated heterocycles. The number of carboxylic acid groups (broad SMARTS) is 1. The summed E-state index contributed by atoms with van der Waals surface area (Å²) in [6.45, 7) is 1.64. The maximum absolute atomic E-state index is 13.1. The molecule has 0 bridgehead atoms. The number of carbonyl (C=O) groups excluding carboxylic acids is 1. The molecule has 104 valence electrons. The van der Waals surface area contributed by atoms with Gasteiger partial charge in [0.05, 0.1) is 7.11 Å². The van der Waals surface area contributed by atoms with Crippen molar-refractivity contribution in [3.05, 3.63) is 24.0 Å². The van der Waals surface area contributed by atoms with Crippen molar-refractivity contribution in [1.82, 2.24) is 5.32 Å². The zero-order valence-corrected chi connectivity index (χ0v) is 10.6. The highest BCUT2D eigenvalue weighted by atomic mass is 19.1. The minimum Gasteiger partial charge on any atom is -0.494 e. The molecule has 0 spiro atoms. The van der Waals surface area contributed by atoms with E-state index in [-0.39, 0.29) is 12.2 Å². The highest BCUT2D eigenvalue weighted by Gasteiger charge is 2.17. The van der Waals surface area contributed by atoms with Crippen LogP contribution >= 0.6 is 0 Å². The van der Waals surface area contributed by atoms with Gasteiger partial charge in [0.15, 0.2) is 11.6 Å². The van der Waals surface area contributed by atoms with Gasteiger partial charge >= 0.3 is 12.0 Å². The van der Waals surface area contributed by atoms with Crippen molar-refractivity contribution < 1.29 is 23.8 Å². The molecule has 1 aromatic carbocycles. The molecule has 1 rings (SSSR count). The normalized spacial score (nSPS) is 11.5. The van der Waals surface area contributed by atoms with E-state index in [1.807, 2.05) is 0 Å². The van der Waals surface area contributed by atoms with Gasteiger partial charge in [-0.25, -0.2) is 14.0 Å². The summed E-state index contributed by atoms with van der Waals surface area (Å²) in [7, 11) is 1.31. The number of amides is 2. The van der Waals surface area contributed by atoms with Crippen LogP contribution in [0.15, 0.2) is 18.2 Å². The SMILES string of the molecule is CC[C@@H](NC(=O)Nc1ccc(F)c(OC)c1)C(=O)O. The van der Waals surface area contributed by atoms with E-state index in [2.05, 4.69) is 10.6 Å². The Hall–Kier alpha value is -2.31. The van der Waals surface area contributed by atoms with Gasteiger partial charge in [0.25, 0.3) is 0 Å². The van der Waals surface area contributed by atoms with Gasteiger partial charge < -0.3 is 20.5 Å². The maximum atomic E-state index is 13.1. The van der Waals surface area contributed by atoms with Crippen LogP contribution in [0, 0.1) is 5.82 Å². The molecule has 6 nitrogen and oxygen atoms in total. The number of halogens is 1. The topological polar surface area (TPSA) is 87.7 Å². The zero-order valence-electron chi connectivity index (χ0n) is 10.6. The Labute approximate surface area is 109 Å². The number of benzene rings is 1. The first-order valence-corrected chi connectivity index (χ1v) is 5.61.